The Labute approximate surface area is 314 Å². The van der Waals surface area contributed by atoms with Crippen LogP contribution in [0.3, 0.4) is 0 Å². The van der Waals surface area contributed by atoms with Crippen molar-refractivity contribution < 1.29 is 4.42 Å². The molecular weight excluding hydrogens is 655 g/mol. The first-order valence-corrected chi connectivity index (χ1v) is 18.4. The standard InChI is InChI=1S/C52H35NO/c1-2-13-36(14-3-1)41-18-11-20-44(35-41)46-21-6-8-24-49(46)53(50-25-12-23-48-47-22-7-9-26-51(47)54-52(48)50)45-31-29-38(30-32-45)40-17-10-19-42(33-40)43-28-27-37-15-4-5-16-39(37)34-43/h1-35H. The van der Waals surface area contributed by atoms with E-state index in [2.05, 4.69) is 205 Å². The second-order valence-corrected chi connectivity index (χ2v) is 13.7. The molecular formula is C52H35NO. The maximum Gasteiger partial charge on any atom is 0.159 e. The van der Waals surface area contributed by atoms with Gasteiger partial charge in [-0.05, 0) is 98.2 Å². The summed E-state index contributed by atoms with van der Waals surface area (Å²) in [6.45, 7) is 0. The van der Waals surface area contributed by atoms with Crippen molar-refractivity contribution in [1.82, 2.24) is 0 Å². The quantitative estimate of drug-likeness (QED) is 0.166. The van der Waals surface area contributed by atoms with Gasteiger partial charge in [-0.25, -0.2) is 0 Å². The number of hydrogen-bond acceptors (Lipinski definition) is 2. The Hall–Kier alpha value is -7.16. The van der Waals surface area contributed by atoms with Crippen LogP contribution < -0.4 is 4.90 Å². The minimum absolute atomic E-state index is 0.860. The van der Waals surface area contributed by atoms with Crippen molar-refractivity contribution in [2.75, 3.05) is 4.90 Å². The lowest BCUT2D eigenvalue weighted by atomic mass is 9.96. The SMILES string of the molecule is c1ccc(-c2cccc(-c3ccccc3N(c3ccc(-c4cccc(-c5ccc6ccccc6c5)c4)cc3)c3cccc4c3oc3ccccc34)c2)cc1. The van der Waals surface area contributed by atoms with E-state index < -0.39 is 0 Å². The summed E-state index contributed by atoms with van der Waals surface area (Å²) in [7, 11) is 0. The molecule has 2 nitrogen and oxygen atoms in total. The van der Waals surface area contributed by atoms with E-state index >= 15 is 0 Å². The lowest BCUT2D eigenvalue weighted by Crippen LogP contribution is -2.11. The van der Waals surface area contributed by atoms with Gasteiger partial charge < -0.3 is 9.32 Å². The van der Waals surface area contributed by atoms with Crippen molar-refractivity contribution in [2.45, 2.75) is 0 Å². The molecule has 0 aliphatic rings. The first kappa shape index (κ1) is 31.6. The van der Waals surface area contributed by atoms with Crippen LogP contribution in [0.5, 0.6) is 0 Å². The monoisotopic (exact) mass is 689 g/mol. The van der Waals surface area contributed by atoms with E-state index in [9.17, 15) is 0 Å². The molecule has 9 aromatic carbocycles. The molecule has 0 aliphatic heterocycles. The van der Waals surface area contributed by atoms with Crippen molar-refractivity contribution >= 4 is 49.8 Å². The number of benzene rings is 9. The molecule has 0 amide bonds. The lowest BCUT2D eigenvalue weighted by molar-refractivity contribution is 0.669. The lowest BCUT2D eigenvalue weighted by Gasteiger charge is -2.28. The van der Waals surface area contributed by atoms with Gasteiger partial charge in [-0.1, -0.05) is 164 Å². The summed E-state index contributed by atoms with van der Waals surface area (Å²) in [6, 6.07) is 75.9. The molecule has 0 unspecified atom stereocenters. The van der Waals surface area contributed by atoms with E-state index in [-0.39, 0.29) is 0 Å². The Balaban J connectivity index is 1.10. The predicted molar refractivity (Wildman–Crippen MR) is 228 cm³/mol. The van der Waals surface area contributed by atoms with Crippen molar-refractivity contribution in [2.24, 2.45) is 0 Å². The molecule has 10 rings (SSSR count). The van der Waals surface area contributed by atoms with Crippen LogP contribution in [-0.2, 0) is 0 Å². The Kier molecular flexibility index (Phi) is 7.85. The summed E-state index contributed by atoms with van der Waals surface area (Å²) >= 11 is 0. The molecule has 54 heavy (non-hydrogen) atoms. The van der Waals surface area contributed by atoms with E-state index in [1.54, 1.807) is 0 Å². The number of rotatable bonds is 7. The molecule has 2 heteroatoms. The molecule has 0 bridgehead atoms. The first-order chi connectivity index (χ1) is 26.8. The second-order valence-electron chi connectivity index (χ2n) is 13.7. The predicted octanol–water partition coefficient (Wildman–Crippen LogP) is 14.9. The highest BCUT2D eigenvalue weighted by Crippen LogP contribution is 2.46. The molecule has 254 valence electrons. The van der Waals surface area contributed by atoms with Gasteiger partial charge in [0.15, 0.2) is 5.58 Å². The highest BCUT2D eigenvalue weighted by Gasteiger charge is 2.22. The first-order valence-electron chi connectivity index (χ1n) is 18.4. The Bertz CT molecular complexity index is 2940. The Morgan fingerprint density at radius 1 is 0.315 bits per heavy atom. The summed E-state index contributed by atoms with van der Waals surface area (Å²) in [5, 5.41) is 4.70. The van der Waals surface area contributed by atoms with Gasteiger partial charge in [-0.15, -0.1) is 0 Å². The number of hydrogen-bond donors (Lipinski definition) is 0. The van der Waals surface area contributed by atoms with E-state index in [1.165, 1.54) is 38.6 Å². The summed E-state index contributed by atoms with van der Waals surface area (Å²) in [4.78, 5) is 2.35. The molecule has 0 radical (unpaired) electrons. The molecule has 0 atom stereocenters. The van der Waals surface area contributed by atoms with Crippen LogP contribution in [0.15, 0.2) is 217 Å². The van der Waals surface area contributed by atoms with Crippen LogP contribution in [0.2, 0.25) is 0 Å². The molecule has 10 aromatic rings. The maximum absolute atomic E-state index is 6.66. The fraction of sp³-hybridized carbons (Fsp3) is 0. The van der Waals surface area contributed by atoms with E-state index in [4.69, 9.17) is 4.42 Å². The van der Waals surface area contributed by atoms with E-state index in [1.807, 2.05) is 12.1 Å². The molecule has 0 spiro atoms. The molecule has 1 aromatic heterocycles. The molecule has 0 saturated heterocycles. The molecule has 0 fully saturated rings. The molecule has 1 heterocycles. The van der Waals surface area contributed by atoms with Gasteiger partial charge in [0.2, 0.25) is 0 Å². The second kappa shape index (κ2) is 13.4. The Morgan fingerprint density at radius 2 is 0.852 bits per heavy atom. The highest BCUT2D eigenvalue weighted by molar-refractivity contribution is 6.10. The van der Waals surface area contributed by atoms with Crippen molar-refractivity contribution in [1.29, 1.82) is 0 Å². The van der Waals surface area contributed by atoms with Gasteiger partial charge >= 0.3 is 0 Å². The summed E-state index contributed by atoms with van der Waals surface area (Å²) in [5.74, 6) is 0. The van der Waals surface area contributed by atoms with Crippen molar-refractivity contribution in [3.05, 3.63) is 212 Å². The average Bonchev–Trinajstić information content (AvgIpc) is 3.64. The van der Waals surface area contributed by atoms with E-state index in [0.29, 0.717) is 0 Å². The molecule has 0 N–H and O–H groups in total. The molecule has 0 saturated carbocycles. The Morgan fingerprint density at radius 3 is 1.69 bits per heavy atom. The highest BCUT2D eigenvalue weighted by atomic mass is 16.3. The van der Waals surface area contributed by atoms with E-state index in [0.717, 1.165) is 55.7 Å². The van der Waals surface area contributed by atoms with Crippen LogP contribution in [0.25, 0.3) is 77.2 Å². The average molecular weight is 690 g/mol. The number of furan rings is 1. The van der Waals surface area contributed by atoms with Gasteiger partial charge in [0.05, 0.1) is 11.4 Å². The van der Waals surface area contributed by atoms with Gasteiger partial charge in [0.25, 0.3) is 0 Å². The zero-order valence-corrected chi connectivity index (χ0v) is 29.6. The van der Waals surface area contributed by atoms with Crippen LogP contribution >= 0.6 is 0 Å². The normalized spacial score (nSPS) is 11.3. The number of nitrogens with zero attached hydrogens (tertiary/aromatic N) is 1. The maximum atomic E-state index is 6.66. The van der Waals surface area contributed by atoms with Crippen LogP contribution in [-0.4, -0.2) is 0 Å². The summed E-state index contributed by atoms with van der Waals surface area (Å²) in [5.41, 5.74) is 14.3. The largest absolute Gasteiger partial charge is 0.454 e. The van der Waals surface area contributed by atoms with Crippen molar-refractivity contribution in [3.8, 4) is 44.5 Å². The third-order valence-corrected chi connectivity index (χ3v) is 10.5. The zero-order valence-electron chi connectivity index (χ0n) is 29.6. The minimum atomic E-state index is 0.860. The topological polar surface area (TPSA) is 16.4 Å². The molecule has 0 aliphatic carbocycles. The fourth-order valence-electron chi connectivity index (χ4n) is 7.78. The van der Waals surface area contributed by atoms with Gasteiger partial charge in [0.1, 0.15) is 5.58 Å². The van der Waals surface area contributed by atoms with Crippen LogP contribution in [0.1, 0.15) is 0 Å². The number of anilines is 3. The zero-order chi connectivity index (χ0) is 35.8. The number of fused-ring (bicyclic) bond motifs is 4. The fourth-order valence-corrected chi connectivity index (χ4v) is 7.78. The van der Waals surface area contributed by atoms with Gasteiger partial charge in [-0.3, -0.25) is 0 Å². The summed E-state index contributed by atoms with van der Waals surface area (Å²) < 4.78 is 6.66. The summed E-state index contributed by atoms with van der Waals surface area (Å²) in [6.07, 6.45) is 0. The van der Waals surface area contributed by atoms with Crippen LogP contribution in [0, 0.1) is 0 Å². The smallest absolute Gasteiger partial charge is 0.159 e. The third kappa shape index (κ3) is 5.71. The minimum Gasteiger partial charge on any atom is -0.454 e. The van der Waals surface area contributed by atoms with Gasteiger partial charge in [-0.2, -0.15) is 0 Å². The van der Waals surface area contributed by atoms with Crippen LogP contribution in [0.4, 0.5) is 17.1 Å². The number of para-hydroxylation sites is 3. The third-order valence-electron chi connectivity index (χ3n) is 10.5. The van der Waals surface area contributed by atoms with Crippen molar-refractivity contribution in [3.63, 3.8) is 0 Å². The van der Waals surface area contributed by atoms with Gasteiger partial charge in [0, 0.05) is 22.0 Å².